The molecule has 0 radical (unpaired) electrons. The Kier molecular flexibility index (Phi) is 6.70. The van der Waals surface area contributed by atoms with Gasteiger partial charge in [0.25, 0.3) is 0 Å². The van der Waals surface area contributed by atoms with E-state index in [0.29, 0.717) is 10.8 Å². The van der Waals surface area contributed by atoms with Gasteiger partial charge in [-0.15, -0.1) is 0 Å². The number of benzene rings is 2. The fraction of sp³-hybridized carbons (Fsp3) is 0.286. The van der Waals surface area contributed by atoms with Crippen LogP contribution in [0.25, 0.3) is 6.08 Å². The van der Waals surface area contributed by atoms with E-state index in [1.165, 1.54) is 11.6 Å². The minimum atomic E-state index is -4.36. The van der Waals surface area contributed by atoms with Crippen LogP contribution in [0.2, 0.25) is 0 Å². The summed E-state index contributed by atoms with van der Waals surface area (Å²) in [6, 6.07) is 15.2. The van der Waals surface area contributed by atoms with Crippen LogP contribution in [0.15, 0.2) is 60.7 Å². The second-order valence-electron chi connectivity index (χ2n) is 6.61. The molecule has 0 spiro atoms. The summed E-state index contributed by atoms with van der Waals surface area (Å²) in [6.45, 7) is 4.04. The Balaban J connectivity index is 1.47. The highest BCUT2D eigenvalue weighted by atomic mass is 32.1. The fourth-order valence-electron chi connectivity index (χ4n) is 3.01. The van der Waals surface area contributed by atoms with Gasteiger partial charge in [-0.2, -0.15) is 13.2 Å². The second-order valence-corrected chi connectivity index (χ2v) is 7.00. The zero-order valence-corrected chi connectivity index (χ0v) is 16.1. The van der Waals surface area contributed by atoms with Crippen LogP contribution in [0, 0.1) is 0 Å². The van der Waals surface area contributed by atoms with E-state index in [1.54, 1.807) is 6.07 Å². The van der Waals surface area contributed by atoms with E-state index in [4.69, 9.17) is 12.2 Å². The first-order valence-corrected chi connectivity index (χ1v) is 9.50. The smallest absolute Gasteiger partial charge is 0.346 e. The van der Waals surface area contributed by atoms with Crippen molar-refractivity contribution >= 4 is 29.1 Å². The standard InChI is InChI=1S/C21H22F3N3S/c22-21(23,24)18-9-4-10-19(16-18)25-20(28)27-14-12-26(13-15-27)11-5-8-17-6-2-1-3-7-17/h1-10,16H,11-15H2,(H,25,28)/b8-5+. The van der Waals surface area contributed by atoms with Crippen LogP contribution in [0.1, 0.15) is 11.1 Å². The van der Waals surface area contributed by atoms with E-state index >= 15 is 0 Å². The number of nitrogens with zero attached hydrogens (tertiary/aromatic N) is 2. The predicted molar refractivity (Wildman–Crippen MR) is 111 cm³/mol. The second kappa shape index (κ2) is 9.21. The van der Waals surface area contributed by atoms with Crippen molar-refractivity contribution in [3.63, 3.8) is 0 Å². The summed E-state index contributed by atoms with van der Waals surface area (Å²) in [7, 11) is 0. The van der Waals surface area contributed by atoms with E-state index < -0.39 is 11.7 Å². The number of halogens is 3. The summed E-state index contributed by atoms with van der Waals surface area (Å²) in [6.07, 6.45) is -0.116. The highest BCUT2D eigenvalue weighted by molar-refractivity contribution is 7.80. The number of hydrogen-bond donors (Lipinski definition) is 1. The van der Waals surface area contributed by atoms with Crippen molar-refractivity contribution in [1.29, 1.82) is 0 Å². The van der Waals surface area contributed by atoms with E-state index in [2.05, 4.69) is 34.5 Å². The van der Waals surface area contributed by atoms with E-state index in [1.807, 2.05) is 23.1 Å². The van der Waals surface area contributed by atoms with E-state index in [-0.39, 0.29) is 0 Å². The van der Waals surface area contributed by atoms with E-state index in [9.17, 15) is 13.2 Å². The molecule has 7 heteroatoms. The molecule has 2 aromatic rings. The van der Waals surface area contributed by atoms with Gasteiger partial charge in [0.15, 0.2) is 5.11 Å². The van der Waals surface area contributed by atoms with Gasteiger partial charge >= 0.3 is 6.18 Å². The summed E-state index contributed by atoms with van der Waals surface area (Å²) in [5.41, 5.74) is 0.843. The molecule has 1 N–H and O–H groups in total. The molecule has 3 rings (SSSR count). The summed E-state index contributed by atoms with van der Waals surface area (Å²) in [4.78, 5) is 4.32. The highest BCUT2D eigenvalue weighted by Crippen LogP contribution is 2.30. The molecule has 0 aromatic heterocycles. The van der Waals surface area contributed by atoms with Crippen molar-refractivity contribution in [2.45, 2.75) is 6.18 Å². The van der Waals surface area contributed by atoms with Gasteiger partial charge in [0, 0.05) is 38.4 Å². The third kappa shape index (κ3) is 5.81. The maximum Gasteiger partial charge on any atom is 0.416 e. The van der Waals surface area contributed by atoms with Gasteiger partial charge < -0.3 is 10.2 Å². The van der Waals surface area contributed by atoms with Crippen LogP contribution >= 0.6 is 12.2 Å². The zero-order valence-electron chi connectivity index (χ0n) is 15.3. The first kappa shape index (κ1) is 20.4. The van der Waals surface area contributed by atoms with Gasteiger partial charge in [0.2, 0.25) is 0 Å². The van der Waals surface area contributed by atoms with Gasteiger partial charge in [-0.05, 0) is 36.0 Å². The van der Waals surface area contributed by atoms with Crippen molar-refractivity contribution < 1.29 is 13.2 Å². The van der Waals surface area contributed by atoms with Crippen molar-refractivity contribution in [3.8, 4) is 0 Å². The molecule has 1 saturated heterocycles. The molecule has 0 atom stereocenters. The Labute approximate surface area is 168 Å². The molecule has 1 heterocycles. The Bertz CT molecular complexity index is 813. The molecule has 3 nitrogen and oxygen atoms in total. The number of hydrogen-bond acceptors (Lipinski definition) is 2. The van der Waals surface area contributed by atoms with Crippen molar-refractivity contribution in [2.24, 2.45) is 0 Å². The minimum absolute atomic E-state index is 0.355. The van der Waals surface area contributed by atoms with Crippen molar-refractivity contribution in [3.05, 3.63) is 71.8 Å². The molecule has 148 valence electrons. The monoisotopic (exact) mass is 405 g/mol. The lowest BCUT2D eigenvalue weighted by atomic mass is 10.2. The summed E-state index contributed by atoms with van der Waals surface area (Å²) in [5.74, 6) is 0. The lowest BCUT2D eigenvalue weighted by Gasteiger charge is -2.35. The Hall–Kier alpha value is -2.38. The molecule has 0 aliphatic carbocycles. The van der Waals surface area contributed by atoms with Crippen molar-refractivity contribution in [1.82, 2.24) is 9.80 Å². The summed E-state index contributed by atoms with van der Waals surface area (Å²) < 4.78 is 38.5. The van der Waals surface area contributed by atoms with Crippen LogP contribution in [-0.2, 0) is 6.18 Å². The number of piperazine rings is 1. The molecule has 1 fully saturated rings. The molecule has 0 unspecified atom stereocenters. The fourth-order valence-corrected chi connectivity index (χ4v) is 3.31. The lowest BCUT2D eigenvalue weighted by Crippen LogP contribution is -2.49. The highest BCUT2D eigenvalue weighted by Gasteiger charge is 2.30. The molecular formula is C21H22F3N3S. The molecule has 1 aliphatic rings. The topological polar surface area (TPSA) is 18.5 Å². The average Bonchev–Trinajstić information content (AvgIpc) is 2.69. The number of anilines is 1. The van der Waals surface area contributed by atoms with Gasteiger partial charge in [0.05, 0.1) is 5.56 Å². The maximum absolute atomic E-state index is 12.8. The molecule has 28 heavy (non-hydrogen) atoms. The number of rotatable bonds is 4. The Morgan fingerprint density at radius 2 is 1.71 bits per heavy atom. The number of nitrogens with one attached hydrogen (secondary N) is 1. The van der Waals surface area contributed by atoms with Gasteiger partial charge in [-0.25, -0.2) is 0 Å². The molecule has 1 aliphatic heterocycles. The van der Waals surface area contributed by atoms with Gasteiger partial charge in [-0.3, -0.25) is 4.90 Å². The largest absolute Gasteiger partial charge is 0.416 e. The van der Waals surface area contributed by atoms with Crippen molar-refractivity contribution in [2.75, 3.05) is 38.0 Å². The van der Waals surface area contributed by atoms with Gasteiger partial charge in [-0.1, -0.05) is 48.6 Å². The van der Waals surface area contributed by atoms with Crippen LogP contribution in [-0.4, -0.2) is 47.6 Å². The molecule has 2 aromatic carbocycles. The number of thiocarbonyl (C=S) groups is 1. The lowest BCUT2D eigenvalue weighted by molar-refractivity contribution is -0.137. The SMILES string of the molecule is FC(F)(F)c1cccc(NC(=S)N2CCN(C/C=C/c3ccccc3)CC2)c1. The summed E-state index contributed by atoms with van der Waals surface area (Å²) >= 11 is 5.38. The molecule has 0 saturated carbocycles. The predicted octanol–water partition coefficient (Wildman–Crippen LogP) is 4.73. The van der Waals surface area contributed by atoms with Crippen LogP contribution < -0.4 is 5.32 Å². The third-order valence-electron chi connectivity index (χ3n) is 4.57. The van der Waals surface area contributed by atoms with Crippen LogP contribution in [0.4, 0.5) is 18.9 Å². The first-order chi connectivity index (χ1) is 13.4. The third-order valence-corrected chi connectivity index (χ3v) is 4.93. The van der Waals surface area contributed by atoms with Crippen LogP contribution in [0.5, 0.6) is 0 Å². The molecular weight excluding hydrogens is 383 g/mol. The van der Waals surface area contributed by atoms with E-state index in [0.717, 1.165) is 44.9 Å². The molecule has 0 amide bonds. The molecule has 0 bridgehead atoms. The Morgan fingerprint density at radius 3 is 2.39 bits per heavy atom. The van der Waals surface area contributed by atoms with Crippen LogP contribution in [0.3, 0.4) is 0 Å². The normalized spacial score (nSPS) is 15.8. The number of alkyl halides is 3. The average molecular weight is 405 g/mol. The summed E-state index contributed by atoms with van der Waals surface area (Å²) in [5, 5.41) is 3.39. The van der Waals surface area contributed by atoms with Gasteiger partial charge in [0.1, 0.15) is 0 Å². The first-order valence-electron chi connectivity index (χ1n) is 9.09. The Morgan fingerprint density at radius 1 is 1.00 bits per heavy atom. The quantitative estimate of drug-likeness (QED) is 0.741. The minimum Gasteiger partial charge on any atom is -0.346 e. The maximum atomic E-state index is 12.8. The zero-order chi connectivity index (χ0) is 20.0.